The van der Waals surface area contributed by atoms with Gasteiger partial charge in [0.2, 0.25) is 11.7 Å². The van der Waals surface area contributed by atoms with E-state index in [1.165, 1.54) is 10.2 Å². The molecule has 2 aromatic heterocycles. The lowest BCUT2D eigenvalue weighted by Gasteiger charge is -2.09. The van der Waals surface area contributed by atoms with Crippen molar-refractivity contribution in [2.24, 2.45) is 0 Å². The van der Waals surface area contributed by atoms with Gasteiger partial charge in [-0.25, -0.2) is 4.68 Å². The Morgan fingerprint density at radius 2 is 1.97 bits per heavy atom. The topological polar surface area (TPSA) is 124 Å². The van der Waals surface area contributed by atoms with Crippen molar-refractivity contribution in [3.05, 3.63) is 59.1 Å². The minimum Gasteiger partial charge on any atom is -0.383 e. The normalized spacial score (nSPS) is 11.1. The summed E-state index contributed by atoms with van der Waals surface area (Å²) in [5, 5.41) is 14.8. The lowest BCUT2D eigenvalue weighted by atomic mass is 10.0. The first-order chi connectivity index (χ1) is 15.9. The fourth-order valence-corrected chi connectivity index (χ4v) is 3.53. The van der Waals surface area contributed by atoms with E-state index < -0.39 is 0 Å². The van der Waals surface area contributed by atoms with Crippen LogP contribution in [0, 0.1) is 0 Å². The summed E-state index contributed by atoms with van der Waals surface area (Å²) in [5.74, 6) is 1.35. The molecule has 0 atom stereocenters. The van der Waals surface area contributed by atoms with Crippen LogP contribution in [-0.4, -0.2) is 32.9 Å². The highest BCUT2D eigenvalue weighted by Crippen LogP contribution is 2.33. The van der Waals surface area contributed by atoms with E-state index in [1.807, 2.05) is 30.3 Å². The molecule has 4 aromatic rings. The summed E-state index contributed by atoms with van der Waals surface area (Å²) >= 11 is 6.06. The molecule has 2 aromatic carbocycles. The third-order valence-corrected chi connectivity index (χ3v) is 5.34. The molecule has 33 heavy (non-hydrogen) atoms. The number of benzene rings is 2. The Morgan fingerprint density at radius 3 is 2.64 bits per heavy atom. The van der Waals surface area contributed by atoms with E-state index in [-0.39, 0.29) is 24.2 Å². The molecule has 0 fully saturated rings. The van der Waals surface area contributed by atoms with Gasteiger partial charge in [0.25, 0.3) is 5.89 Å². The van der Waals surface area contributed by atoms with Gasteiger partial charge in [0, 0.05) is 23.3 Å². The SMILES string of the molecule is CNc1nn(CC(=O)Nc2ccc(C(C)C)cc2)c(N)c1-c1nc(-c2cccc(Cl)c2)no1. The van der Waals surface area contributed by atoms with Gasteiger partial charge in [-0.3, -0.25) is 4.79 Å². The number of carbonyl (C=O) groups excluding carboxylic acids is 1. The Balaban J connectivity index is 1.55. The van der Waals surface area contributed by atoms with E-state index in [2.05, 4.69) is 39.7 Å². The van der Waals surface area contributed by atoms with Gasteiger partial charge < -0.3 is 20.9 Å². The number of hydrogen-bond acceptors (Lipinski definition) is 7. The van der Waals surface area contributed by atoms with Crippen molar-refractivity contribution in [3.63, 3.8) is 0 Å². The molecular formula is C23H24ClN7O2. The molecule has 0 bridgehead atoms. The van der Waals surface area contributed by atoms with Crippen molar-refractivity contribution in [2.45, 2.75) is 26.3 Å². The number of nitrogens with two attached hydrogens (primary N) is 1. The fourth-order valence-electron chi connectivity index (χ4n) is 3.34. The second kappa shape index (κ2) is 9.33. The van der Waals surface area contributed by atoms with Gasteiger partial charge in [0.1, 0.15) is 17.9 Å². The number of nitrogens with zero attached hydrogens (tertiary/aromatic N) is 4. The monoisotopic (exact) mass is 465 g/mol. The van der Waals surface area contributed by atoms with Crippen LogP contribution in [0.1, 0.15) is 25.3 Å². The quantitative estimate of drug-likeness (QED) is 0.363. The molecule has 0 radical (unpaired) electrons. The van der Waals surface area contributed by atoms with Crippen LogP contribution in [0.5, 0.6) is 0 Å². The maximum absolute atomic E-state index is 12.6. The first-order valence-electron chi connectivity index (χ1n) is 10.4. The van der Waals surface area contributed by atoms with Crippen molar-refractivity contribution < 1.29 is 9.32 Å². The van der Waals surface area contributed by atoms with Gasteiger partial charge in [-0.15, -0.1) is 0 Å². The molecular weight excluding hydrogens is 442 g/mol. The fraction of sp³-hybridized carbons (Fsp3) is 0.217. The van der Waals surface area contributed by atoms with Gasteiger partial charge in [-0.1, -0.05) is 54.9 Å². The lowest BCUT2D eigenvalue weighted by Crippen LogP contribution is -2.20. The molecule has 0 aliphatic rings. The summed E-state index contributed by atoms with van der Waals surface area (Å²) in [6, 6.07) is 14.9. The van der Waals surface area contributed by atoms with Crippen molar-refractivity contribution in [2.75, 3.05) is 23.4 Å². The molecule has 0 unspecified atom stereocenters. The first-order valence-corrected chi connectivity index (χ1v) is 10.8. The maximum Gasteiger partial charge on any atom is 0.265 e. The van der Waals surface area contributed by atoms with E-state index in [0.29, 0.717) is 39.4 Å². The molecule has 0 saturated carbocycles. The molecule has 4 rings (SSSR count). The first kappa shape index (κ1) is 22.3. The standard InChI is InChI=1S/C23H24ClN7O2/c1-13(2)14-7-9-17(10-8-14)27-18(32)12-31-20(25)19(22(26-3)29-31)23-28-21(30-33-23)15-5-4-6-16(24)11-15/h4-11,13H,12,25H2,1-3H3,(H,26,29)(H,27,32). The number of nitrogen functional groups attached to an aromatic ring is 1. The minimum absolute atomic E-state index is 0.0816. The van der Waals surface area contributed by atoms with Crippen LogP contribution in [0.15, 0.2) is 53.1 Å². The van der Waals surface area contributed by atoms with Gasteiger partial charge in [-0.2, -0.15) is 10.1 Å². The lowest BCUT2D eigenvalue weighted by molar-refractivity contribution is -0.116. The summed E-state index contributed by atoms with van der Waals surface area (Å²) in [6.07, 6.45) is 0. The van der Waals surface area contributed by atoms with Gasteiger partial charge in [-0.05, 0) is 35.7 Å². The van der Waals surface area contributed by atoms with Crippen LogP contribution < -0.4 is 16.4 Å². The van der Waals surface area contributed by atoms with Crippen LogP contribution in [0.3, 0.4) is 0 Å². The van der Waals surface area contributed by atoms with Crippen LogP contribution >= 0.6 is 11.6 Å². The summed E-state index contributed by atoms with van der Waals surface area (Å²) in [4.78, 5) is 17.0. The van der Waals surface area contributed by atoms with E-state index in [1.54, 1.807) is 25.2 Å². The zero-order valence-corrected chi connectivity index (χ0v) is 19.2. The Labute approximate surface area is 195 Å². The zero-order chi connectivity index (χ0) is 23.5. The second-order valence-electron chi connectivity index (χ2n) is 7.77. The maximum atomic E-state index is 12.6. The molecule has 4 N–H and O–H groups in total. The number of carbonyl (C=O) groups is 1. The number of anilines is 3. The molecule has 0 aliphatic carbocycles. The smallest absolute Gasteiger partial charge is 0.265 e. The Bertz CT molecular complexity index is 1280. The van der Waals surface area contributed by atoms with Crippen LogP contribution in [-0.2, 0) is 11.3 Å². The van der Waals surface area contributed by atoms with Crippen molar-refractivity contribution in [3.8, 4) is 22.8 Å². The summed E-state index contributed by atoms with van der Waals surface area (Å²) < 4.78 is 6.83. The Morgan fingerprint density at radius 1 is 1.21 bits per heavy atom. The number of rotatable bonds is 7. The van der Waals surface area contributed by atoms with Crippen LogP contribution in [0.4, 0.5) is 17.3 Å². The number of halogens is 1. The predicted octanol–water partition coefficient (Wildman–Crippen LogP) is 4.64. The molecule has 0 saturated heterocycles. The summed E-state index contributed by atoms with van der Waals surface area (Å²) in [6.45, 7) is 4.15. The molecule has 2 heterocycles. The number of aromatic nitrogens is 4. The highest BCUT2D eigenvalue weighted by atomic mass is 35.5. The van der Waals surface area contributed by atoms with Crippen molar-refractivity contribution in [1.29, 1.82) is 0 Å². The minimum atomic E-state index is -0.263. The van der Waals surface area contributed by atoms with Crippen molar-refractivity contribution >= 4 is 34.8 Å². The summed E-state index contributed by atoms with van der Waals surface area (Å²) in [5.41, 5.74) is 9.34. The summed E-state index contributed by atoms with van der Waals surface area (Å²) in [7, 11) is 1.69. The molecule has 170 valence electrons. The van der Waals surface area contributed by atoms with E-state index in [0.717, 1.165) is 0 Å². The molecule has 9 nitrogen and oxygen atoms in total. The van der Waals surface area contributed by atoms with Gasteiger partial charge in [0.15, 0.2) is 5.82 Å². The Hall–Kier alpha value is -3.85. The third-order valence-electron chi connectivity index (χ3n) is 5.11. The van der Waals surface area contributed by atoms with Crippen LogP contribution in [0.2, 0.25) is 5.02 Å². The molecule has 10 heteroatoms. The van der Waals surface area contributed by atoms with Gasteiger partial charge in [0.05, 0.1) is 0 Å². The number of hydrogen-bond donors (Lipinski definition) is 3. The van der Waals surface area contributed by atoms with E-state index in [9.17, 15) is 4.79 Å². The Kier molecular flexibility index (Phi) is 6.32. The van der Waals surface area contributed by atoms with E-state index >= 15 is 0 Å². The second-order valence-corrected chi connectivity index (χ2v) is 8.21. The third kappa shape index (κ3) is 4.83. The van der Waals surface area contributed by atoms with Crippen LogP contribution in [0.25, 0.3) is 22.8 Å². The number of nitrogens with one attached hydrogen (secondary N) is 2. The molecule has 0 spiro atoms. The highest BCUT2D eigenvalue weighted by Gasteiger charge is 2.23. The van der Waals surface area contributed by atoms with Gasteiger partial charge >= 0.3 is 0 Å². The predicted molar refractivity (Wildman–Crippen MR) is 129 cm³/mol. The van der Waals surface area contributed by atoms with E-state index in [4.69, 9.17) is 21.9 Å². The van der Waals surface area contributed by atoms with Crippen molar-refractivity contribution in [1.82, 2.24) is 19.9 Å². The molecule has 1 amide bonds. The molecule has 0 aliphatic heterocycles. The average molecular weight is 466 g/mol. The highest BCUT2D eigenvalue weighted by molar-refractivity contribution is 6.30. The number of amides is 1. The largest absolute Gasteiger partial charge is 0.383 e. The zero-order valence-electron chi connectivity index (χ0n) is 18.5. The average Bonchev–Trinajstić information content (AvgIpc) is 3.39.